The summed E-state index contributed by atoms with van der Waals surface area (Å²) in [6.07, 6.45) is 7.40. The van der Waals surface area contributed by atoms with E-state index in [4.69, 9.17) is 4.74 Å². The van der Waals surface area contributed by atoms with Crippen molar-refractivity contribution in [2.75, 3.05) is 12.4 Å². The molecule has 0 atom stereocenters. The van der Waals surface area contributed by atoms with Gasteiger partial charge in [-0.15, -0.1) is 11.3 Å². The zero-order valence-electron chi connectivity index (χ0n) is 16.7. The molecule has 7 heteroatoms. The number of thiophene rings is 1. The van der Waals surface area contributed by atoms with Gasteiger partial charge in [0.25, 0.3) is 11.8 Å². The lowest BCUT2D eigenvalue weighted by Crippen LogP contribution is -2.25. The summed E-state index contributed by atoms with van der Waals surface area (Å²) in [5.41, 5.74) is 3.11. The highest BCUT2D eigenvalue weighted by Gasteiger charge is 2.26. The number of benzene rings is 1. The molecule has 0 saturated heterocycles. The van der Waals surface area contributed by atoms with Crippen molar-refractivity contribution in [3.05, 3.63) is 75.9 Å². The van der Waals surface area contributed by atoms with Gasteiger partial charge in [0.15, 0.2) is 0 Å². The molecule has 1 aromatic carbocycles. The highest BCUT2D eigenvalue weighted by atomic mass is 32.1. The Hall–Kier alpha value is -3.19. The first kappa shape index (κ1) is 20.1. The maximum absolute atomic E-state index is 13.1. The number of nitrogens with zero attached hydrogens (tertiary/aromatic N) is 1. The molecule has 154 valence electrons. The second-order valence-corrected chi connectivity index (χ2v) is 8.25. The number of fused-ring (bicyclic) bond motifs is 1. The monoisotopic (exact) mass is 421 g/mol. The fraction of sp³-hybridized carbons (Fsp3) is 0.261. The minimum Gasteiger partial charge on any atom is -0.497 e. The molecule has 3 aromatic rings. The summed E-state index contributed by atoms with van der Waals surface area (Å²) in [6, 6.07) is 10.7. The van der Waals surface area contributed by atoms with Crippen molar-refractivity contribution in [1.82, 2.24) is 10.3 Å². The number of carbonyl (C=O) groups excluding carboxylic acids is 2. The molecule has 0 bridgehead atoms. The van der Waals surface area contributed by atoms with Crippen LogP contribution in [0.2, 0.25) is 0 Å². The summed E-state index contributed by atoms with van der Waals surface area (Å²) in [5, 5.41) is 6.56. The molecule has 0 aliphatic heterocycles. The molecule has 2 amide bonds. The van der Waals surface area contributed by atoms with Crippen molar-refractivity contribution in [3.63, 3.8) is 0 Å². The average Bonchev–Trinajstić information content (AvgIpc) is 3.16. The number of amides is 2. The van der Waals surface area contributed by atoms with Gasteiger partial charge in [-0.3, -0.25) is 14.6 Å². The van der Waals surface area contributed by atoms with Gasteiger partial charge in [-0.05, 0) is 67.1 Å². The average molecular weight is 422 g/mol. The number of hydrogen-bond donors (Lipinski definition) is 2. The first-order valence-corrected chi connectivity index (χ1v) is 10.7. The van der Waals surface area contributed by atoms with E-state index in [0.29, 0.717) is 28.4 Å². The van der Waals surface area contributed by atoms with Gasteiger partial charge in [0.1, 0.15) is 10.8 Å². The van der Waals surface area contributed by atoms with Crippen molar-refractivity contribution >= 4 is 28.2 Å². The van der Waals surface area contributed by atoms with E-state index in [1.165, 1.54) is 16.2 Å². The van der Waals surface area contributed by atoms with Crippen LogP contribution in [0.5, 0.6) is 5.75 Å². The first-order valence-electron chi connectivity index (χ1n) is 9.92. The van der Waals surface area contributed by atoms with Crippen molar-refractivity contribution in [3.8, 4) is 5.75 Å². The quantitative estimate of drug-likeness (QED) is 0.625. The Bertz CT molecular complexity index is 1050. The maximum atomic E-state index is 13.1. The molecule has 30 heavy (non-hydrogen) atoms. The van der Waals surface area contributed by atoms with Crippen molar-refractivity contribution < 1.29 is 14.3 Å². The summed E-state index contributed by atoms with van der Waals surface area (Å²) in [5.74, 6) is 0.287. The van der Waals surface area contributed by atoms with Crippen LogP contribution in [-0.2, 0) is 19.4 Å². The Morgan fingerprint density at radius 1 is 1.10 bits per heavy atom. The molecule has 2 aromatic heterocycles. The second kappa shape index (κ2) is 9.09. The van der Waals surface area contributed by atoms with E-state index in [1.807, 2.05) is 12.1 Å². The number of aromatic nitrogens is 1. The molecule has 1 aliphatic rings. The smallest absolute Gasteiger partial charge is 0.256 e. The number of anilines is 1. The van der Waals surface area contributed by atoms with Gasteiger partial charge in [-0.1, -0.05) is 6.07 Å². The molecule has 1 aliphatic carbocycles. The number of methoxy groups -OCH3 is 1. The van der Waals surface area contributed by atoms with Crippen molar-refractivity contribution in [2.45, 2.75) is 32.2 Å². The standard InChI is InChI=1S/C23H23N3O3S/c1-29-17-10-8-16(9-11-17)21(27)26-23-20(18-6-2-3-7-19(18)30-23)22(28)25-14-15-5-4-12-24-13-15/h4-5,8-13H,2-3,6-7,14H2,1H3,(H,25,28)(H,26,27). The van der Waals surface area contributed by atoms with Gasteiger partial charge >= 0.3 is 0 Å². The van der Waals surface area contributed by atoms with Crippen LogP contribution >= 0.6 is 11.3 Å². The summed E-state index contributed by atoms with van der Waals surface area (Å²) >= 11 is 1.51. The molecular formula is C23H23N3O3S. The third kappa shape index (κ3) is 4.36. The molecule has 4 rings (SSSR count). The van der Waals surface area contributed by atoms with Crippen LogP contribution in [0.1, 0.15) is 49.6 Å². The number of hydrogen-bond acceptors (Lipinski definition) is 5. The molecule has 0 unspecified atom stereocenters. The number of aryl methyl sites for hydroxylation is 1. The minimum atomic E-state index is -0.238. The number of nitrogens with one attached hydrogen (secondary N) is 2. The third-order valence-electron chi connectivity index (χ3n) is 5.15. The van der Waals surface area contributed by atoms with Crippen LogP contribution in [0, 0.1) is 0 Å². The summed E-state index contributed by atoms with van der Waals surface area (Å²) in [6.45, 7) is 0.392. The fourth-order valence-electron chi connectivity index (χ4n) is 3.59. The number of rotatable bonds is 6. The predicted octanol–water partition coefficient (Wildman–Crippen LogP) is 4.21. The third-order valence-corrected chi connectivity index (χ3v) is 6.36. The molecule has 0 fully saturated rings. The molecule has 0 spiro atoms. The molecular weight excluding hydrogens is 398 g/mol. The van der Waals surface area contributed by atoms with E-state index in [0.717, 1.165) is 36.8 Å². The highest BCUT2D eigenvalue weighted by Crippen LogP contribution is 2.38. The first-order chi connectivity index (χ1) is 14.7. The summed E-state index contributed by atoms with van der Waals surface area (Å²) in [4.78, 5) is 31.2. The zero-order chi connectivity index (χ0) is 20.9. The van der Waals surface area contributed by atoms with Crippen LogP contribution in [0.15, 0.2) is 48.8 Å². The van der Waals surface area contributed by atoms with Crippen LogP contribution in [0.25, 0.3) is 0 Å². The van der Waals surface area contributed by atoms with E-state index in [9.17, 15) is 9.59 Å². The van der Waals surface area contributed by atoms with Gasteiger partial charge in [-0.25, -0.2) is 0 Å². The van der Waals surface area contributed by atoms with Crippen LogP contribution in [0.4, 0.5) is 5.00 Å². The molecule has 0 saturated carbocycles. The largest absolute Gasteiger partial charge is 0.497 e. The van der Waals surface area contributed by atoms with Crippen molar-refractivity contribution in [2.24, 2.45) is 0 Å². The van der Waals surface area contributed by atoms with Gasteiger partial charge < -0.3 is 15.4 Å². The SMILES string of the molecule is COc1ccc(C(=O)Nc2sc3c(c2C(=O)NCc2cccnc2)CCCC3)cc1. The Morgan fingerprint density at radius 3 is 2.63 bits per heavy atom. The number of pyridine rings is 1. The molecule has 0 radical (unpaired) electrons. The van der Waals surface area contributed by atoms with E-state index in [-0.39, 0.29) is 11.8 Å². The fourth-order valence-corrected chi connectivity index (χ4v) is 4.87. The lowest BCUT2D eigenvalue weighted by molar-refractivity contribution is 0.0951. The number of carbonyl (C=O) groups is 2. The minimum absolute atomic E-state index is 0.164. The molecule has 2 heterocycles. The Balaban J connectivity index is 1.57. The van der Waals surface area contributed by atoms with E-state index >= 15 is 0 Å². The lowest BCUT2D eigenvalue weighted by Gasteiger charge is -2.13. The van der Waals surface area contributed by atoms with E-state index in [1.54, 1.807) is 43.8 Å². The van der Waals surface area contributed by atoms with Crippen molar-refractivity contribution in [1.29, 1.82) is 0 Å². The number of ether oxygens (including phenoxy) is 1. The lowest BCUT2D eigenvalue weighted by atomic mass is 9.95. The van der Waals surface area contributed by atoms with Gasteiger partial charge in [0, 0.05) is 29.4 Å². The van der Waals surface area contributed by atoms with Gasteiger partial charge in [-0.2, -0.15) is 0 Å². The van der Waals surface area contributed by atoms with E-state index < -0.39 is 0 Å². The van der Waals surface area contributed by atoms with Gasteiger partial charge in [0.2, 0.25) is 0 Å². The Kier molecular flexibility index (Phi) is 6.09. The zero-order valence-corrected chi connectivity index (χ0v) is 17.6. The Labute approximate surface area is 179 Å². The normalized spacial score (nSPS) is 12.7. The van der Waals surface area contributed by atoms with Crippen LogP contribution in [-0.4, -0.2) is 23.9 Å². The van der Waals surface area contributed by atoms with Crippen LogP contribution < -0.4 is 15.4 Å². The highest BCUT2D eigenvalue weighted by molar-refractivity contribution is 7.17. The van der Waals surface area contributed by atoms with E-state index in [2.05, 4.69) is 15.6 Å². The predicted molar refractivity (Wildman–Crippen MR) is 117 cm³/mol. The topological polar surface area (TPSA) is 80.3 Å². The van der Waals surface area contributed by atoms with Gasteiger partial charge in [0.05, 0.1) is 12.7 Å². The molecule has 6 nitrogen and oxygen atoms in total. The Morgan fingerprint density at radius 2 is 1.90 bits per heavy atom. The molecule has 2 N–H and O–H groups in total. The van der Waals surface area contributed by atoms with Crippen LogP contribution in [0.3, 0.4) is 0 Å². The summed E-state index contributed by atoms with van der Waals surface area (Å²) in [7, 11) is 1.58. The summed E-state index contributed by atoms with van der Waals surface area (Å²) < 4.78 is 5.15. The second-order valence-electron chi connectivity index (χ2n) is 7.14. The maximum Gasteiger partial charge on any atom is 0.256 e.